The first-order valence-electron chi connectivity index (χ1n) is 10.4. The number of rotatable bonds is 9. The Labute approximate surface area is 198 Å². The Morgan fingerprint density at radius 1 is 1.06 bits per heavy atom. The van der Waals surface area contributed by atoms with Gasteiger partial charge in [-0.1, -0.05) is 17.7 Å². The maximum atomic E-state index is 12.7. The summed E-state index contributed by atoms with van der Waals surface area (Å²) in [6.07, 6.45) is 1.69. The highest BCUT2D eigenvalue weighted by atomic mass is 35.5. The van der Waals surface area contributed by atoms with Crippen LogP contribution in [0.5, 0.6) is 5.75 Å². The lowest BCUT2D eigenvalue weighted by atomic mass is 10.3. The number of carbonyl (C=O) groups is 2. The number of ether oxygens (including phenoxy) is 1. The van der Waals surface area contributed by atoms with E-state index in [9.17, 15) is 18.0 Å². The van der Waals surface area contributed by atoms with Gasteiger partial charge in [0.25, 0.3) is 0 Å². The van der Waals surface area contributed by atoms with E-state index >= 15 is 0 Å². The highest BCUT2D eigenvalue weighted by Gasteiger charge is 2.27. The summed E-state index contributed by atoms with van der Waals surface area (Å²) in [5.41, 5.74) is 0.811. The van der Waals surface area contributed by atoms with Crippen LogP contribution < -0.4 is 15.4 Å². The molecule has 33 heavy (non-hydrogen) atoms. The van der Waals surface area contributed by atoms with Gasteiger partial charge in [0, 0.05) is 23.8 Å². The van der Waals surface area contributed by atoms with Gasteiger partial charge >= 0.3 is 0 Å². The Hall–Kier alpha value is -2.66. The minimum absolute atomic E-state index is 0.0491. The van der Waals surface area contributed by atoms with Crippen LogP contribution in [-0.4, -0.2) is 69.8 Å². The van der Waals surface area contributed by atoms with E-state index in [4.69, 9.17) is 16.3 Å². The fraction of sp³-hybridized carbons (Fsp3) is 0.364. The summed E-state index contributed by atoms with van der Waals surface area (Å²) in [7, 11) is -0.461. The SMILES string of the molecule is COc1ccc(Cl)cc1NC(=O)CN(C)CC(=O)Nc1cccc(S(=O)(=O)N2CCCC2)c1. The van der Waals surface area contributed by atoms with Crippen molar-refractivity contribution in [3.05, 3.63) is 47.5 Å². The van der Waals surface area contributed by atoms with Crippen molar-refractivity contribution in [1.82, 2.24) is 9.21 Å². The number of carbonyl (C=O) groups excluding carboxylic acids is 2. The van der Waals surface area contributed by atoms with Crippen molar-refractivity contribution in [3.63, 3.8) is 0 Å². The fourth-order valence-corrected chi connectivity index (χ4v) is 5.26. The van der Waals surface area contributed by atoms with Crippen LogP contribution in [0.2, 0.25) is 5.02 Å². The molecule has 1 aliphatic heterocycles. The van der Waals surface area contributed by atoms with E-state index in [-0.39, 0.29) is 29.8 Å². The molecular weight excluding hydrogens is 468 g/mol. The topological polar surface area (TPSA) is 108 Å². The van der Waals surface area contributed by atoms with Gasteiger partial charge in [0.1, 0.15) is 5.75 Å². The molecule has 2 aromatic carbocycles. The molecule has 1 aliphatic rings. The number of nitrogens with zero attached hydrogens (tertiary/aromatic N) is 2. The number of halogens is 1. The van der Waals surface area contributed by atoms with Crippen LogP contribution in [0.15, 0.2) is 47.4 Å². The van der Waals surface area contributed by atoms with Gasteiger partial charge in [-0.3, -0.25) is 14.5 Å². The van der Waals surface area contributed by atoms with Crippen LogP contribution in [0.4, 0.5) is 11.4 Å². The number of hydrogen-bond donors (Lipinski definition) is 2. The number of amides is 2. The molecule has 0 spiro atoms. The molecule has 1 saturated heterocycles. The van der Waals surface area contributed by atoms with Crippen molar-refractivity contribution in [3.8, 4) is 5.75 Å². The quantitative estimate of drug-likeness (QED) is 0.555. The number of nitrogens with one attached hydrogen (secondary N) is 2. The molecule has 1 fully saturated rings. The molecule has 0 radical (unpaired) electrons. The summed E-state index contributed by atoms with van der Waals surface area (Å²) in [6, 6.07) is 11.1. The normalized spacial score (nSPS) is 14.3. The molecule has 0 bridgehead atoms. The third-order valence-corrected chi connectivity index (χ3v) is 7.21. The second-order valence-electron chi connectivity index (χ2n) is 7.75. The molecular formula is C22H27ClN4O5S. The molecule has 11 heteroatoms. The third kappa shape index (κ3) is 6.67. The predicted octanol–water partition coefficient (Wildman–Crippen LogP) is 2.64. The maximum Gasteiger partial charge on any atom is 0.243 e. The Kier molecular flexibility index (Phi) is 8.30. The van der Waals surface area contributed by atoms with E-state index in [1.54, 1.807) is 37.4 Å². The summed E-state index contributed by atoms with van der Waals surface area (Å²) in [5.74, 6) is -0.247. The molecule has 0 aromatic heterocycles. The first kappa shape index (κ1) is 25.0. The lowest BCUT2D eigenvalue weighted by Gasteiger charge is -2.18. The average molecular weight is 495 g/mol. The first-order chi connectivity index (χ1) is 15.7. The number of anilines is 2. The zero-order valence-electron chi connectivity index (χ0n) is 18.5. The highest BCUT2D eigenvalue weighted by Crippen LogP contribution is 2.27. The smallest absolute Gasteiger partial charge is 0.243 e. The molecule has 0 atom stereocenters. The molecule has 9 nitrogen and oxygen atoms in total. The summed E-state index contributed by atoms with van der Waals surface area (Å²) >= 11 is 5.97. The lowest BCUT2D eigenvalue weighted by Crippen LogP contribution is -2.36. The van der Waals surface area contributed by atoms with Crippen LogP contribution in [0, 0.1) is 0 Å². The number of benzene rings is 2. The van der Waals surface area contributed by atoms with Crippen LogP contribution in [0.1, 0.15) is 12.8 Å². The van der Waals surface area contributed by atoms with Gasteiger partial charge in [0.05, 0.1) is 30.8 Å². The van der Waals surface area contributed by atoms with Gasteiger partial charge in [0.15, 0.2) is 0 Å². The van der Waals surface area contributed by atoms with Crippen LogP contribution in [0.3, 0.4) is 0 Å². The van der Waals surface area contributed by atoms with Crippen molar-refractivity contribution < 1.29 is 22.7 Å². The van der Waals surface area contributed by atoms with E-state index in [1.807, 2.05) is 0 Å². The van der Waals surface area contributed by atoms with E-state index in [0.717, 1.165) is 12.8 Å². The van der Waals surface area contributed by atoms with Crippen LogP contribution >= 0.6 is 11.6 Å². The van der Waals surface area contributed by atoms with Gasteiger partial charge in [0.2, 0.25) is 21.8 Å². The summed E-state index contributed by atoms with van der Waals surface area (Å²) in [6.45, 7) is 0.898. The standard InChI is InChI=1S/C22H27ClN4O5S/c1-26(15-22(29)25-19-12-16(23)8-9-20(19)32-2)14-21(28)24-17-6-5-7-18(13-17)33(30,31)27-10-3-4-11-27/h5-9,12-13H,3-4,10-11,14-15H2,1-2H3,(H,24,28)(H,25,29). The molecule has 2 N–H and O–H groups in total. The number of methoxy groups -OCH3 is 1. The lowest BCUT2D eigenvalue weighted by molar-refractivity contribution is -0.119. The van der Waals surface area contributed by atoms with Gasteiger partial charge in [-0.25, -0.2) is 8.42 Å². The van der Waals surface area contributed by atoms with Gasteiger partial charge in [-0.15, -0.1) is 0 Å². The molecule has 1 heterocycles. The minimum atomic E-state index is -3.58. The van der Waals surface area contributed by atoms with Crippen LogP contribution in [-0.2, 0) is 19.6 Å². The highest BCUT2D eigenvalue weighted by molar-refractivity contribution is 7.89. The Balaban J connectivity index is 1.55. The number of hydrogen-bond acceptors (Lipinski definition) is 6. The zero-order chi connectivity index (χ0) is 24.0. The zero-order valence-corrected chi connectivity index (χ0v) is 20.1. The van der Waals surface area contributed by atoms with Gasteiger partial charge in [-0.05, 0) is 56.3 Å². The number of likely N-dealkylation sites (N-methyl/N-ethyl adjacent to an activating group) is 1. The van der Waals surface area contributed by atoms with Gasteiger partial charge in [-0.2, -0.15) is 4.31 Å². The van der Waals surface area contributed by atoms with E-state index in [1.165, 1.54) is 28.4 Å². The second kappa shape index (κ2) is 11.0. The van der Waals surface area contributed by atoms with Crippen molar-refractivity contribution in [1.29, 1.82) is 0 Å². The third-order valence-electron chi connectivity index (χ3n) is 5.08. The number of sulfonamides is 1. The average Bonchev–Trinajstić information content (AvgIpc) is 3.29. The molecule has 178 valence electrons. The van der Waals surface area contributed by atoms with Crippen molar-refractivity contribution in [2.24, 2.45) is 0 Å². The maximum absolute atomic E-state index is 12.7. The van der Waals surface area contributed by atoms with E-state index < -0.39 is 10.0 Å². The summed E-state index contributed by atoms with van der Waals surface area (Å²) in [4.78, 5) is 26.5. The summed E-state index contributed by atoms with van der Waals surface area (Å²) < 4.78 is 32.1. The first-order valence-corrected chi connectivity index (χ1v) is 12.2. The van der Waals surface area contributed by atoms with E-state index in [0.29, 0.717) is 35.2 Å². The largest absolute Gasteiger partial charge is 0.495 e. The Morgan fingerprint density at radius 3 is 2.39 bits per heavy atom. The second-order valence-corrected chi connectivity index (χ2v) is 10.1. The van der Waals surface area contributed by atoms with Crippen molar-refractivity contribution >= 4 is 44.8 Å². The molecule has 2 aromatic rings. The van der Waals surface area contributed by atoms with E-state index in [2.05, 4.69) is 10.6 Å². The van der Waals surface area contributed by atoms with Gasteiger partial charge < -0.3 is 15.4 Å². The Morgan fingerprint density at radius 2 is 1.73 bits per heavy atom. The monoisotopic (exact) mass is 494 g/mol. The Bertz CT molecular complexity index is 1120. The molecule has 0 saturated carbocycles. The molecule has 0 unspecified atom stereocenters. The molecule has 3 rings (SSSR count). The minimum Gasteiger partial charge on any atom is -0.495 e. The molecule has 2 amide bonds. The summed E-state index contributed by atoms with van der Waals surface area (Å²) in [5, 5.41) is 5.86. The molecule has 0 aliphatic carbocycles. The van der Waals surface area contributed by atoms with Crippen LogP contribution in [0.25, 0.3) is 0 Å². The fourth-order valence-electron chi connectivity index (χ4n) is 3.53. The van der Waals surface area contributed by atoms with Crippen molar-refractivity contribution in [2.75, 3.05) is 51.0 Å². The predicted molar refractivity (Wildman–Crippen MR) is 127 cm³/mol. The van der Waals surface area contributed by atoms with Crippen molar-refractivity contribution in [2.45, 2.75) is 17.7 Å².